The van der Waals surface area contributed by atoms with Crippen LogP contribution in [0.25, 0.3) is 6.08 Å². The fourth-order valence-corrected chi connectivity index (χ4v) is 5.34. The monoisotopic (exact) mass is 716 g/mol. The SMILES string of the molecule is COc1cc(/C=C2\C(=O)NC(=S)N(c3cccc(Br)c3)C2=O)cc(I)c1OCc1ccc(Cl)cc1Cl. The quantitative estimate of drug-likeness (QED) is 0.132. The zero-order valence-electron chi connectivity index (χ0n) is 18.5. The van der Waals surface area contributed by atoms with Crippen molar-refractivity contribution in [2.24, 2.45) is 0 Å². The molecule has 184 valence electrons. The molecule has 1 fully saturated rings. The van der Waals surface area contributed by atoms with E-state index in [0.717, 1.165) is 10.0 Å². The number of carbonyl (C=O) groups excluding carboxylic acids is 2. The van der Waals surface area contributed by atoms with Gasteiger partial charge in [-0.2, -0.15) is 0 Å². The van der Waals surface area contributed by atoms with E-state index in [2.05, 4.69) is 43.8 Å². The fraction of sp³-hybridized carbons (Fsp3) is 0.0800. The maximum atomic E-state index is 13.3. The first-order valence-corrected chi connectivity index (χ1v) is 13.3. The van der Waals surface area contributed by atoms with Gasteiger partial charge in [0, 0.05) is 20.1 Å². The topological polar surface area (TPSA) is 67.9 Å². The Morgan fingerprint density at radius 2 is 1.92 bits per heavy atom. The summed E-state index contributed by atoms with van der Waals surface area (Å²) in [6.07, 6.45) is 1.49. The second-order valence-electron chi connectivity index (χ2n) is 7.50. The van der Waals surface area contributed by atoms with Gasteiger partial charge in [0.1, 0.15) is 12.2 Å². The molecule has 1 aliphatic rings. The number of carbonyl (C=O) groups is 2. The summed E-state index contributed by atoms with van der Waals surface area (Å²) in [5.41, 5.74) is 1.80. The van der Waals surface area contributed by atoms with Crippen molar-refractivity contribution in [1.82, 2.24) is 5.32 Å². The molecule has 0 aromatic heterocycles. The van der Waals surface area contributed by atoms with E-state index in [4.69, 9.17) is 44.9 Å². The summed E-state index contributed by atoms with van der Waals surface area (Å²) in [5.74, 6) is -0.180. The predicted octanol–water partition coefficient (Wildman–Crippen LogP) is 6.78. The summed E-state index contributed by atoms with van der Waals surface area (Å²) in [7, 11) is 1.51. The zero-order valence-corrected chi connectivity index (χ0v) is 24.6. The molecule has 36 heavy (non-hydrogen) atoms. The third-order valence-corrected chi connectivity index (χ3v) is 7.28. The molecule has 1 heterocycles. The number of benzene rings is 3. The number of hydrogen-bond acceptors (Lipinski definition) is 5. The number of halogens is 4. The second-order valence-corrected chi connectivity index (χ2v) is 10.8. The van der Waals surface area contributed by atoms with E-state index in [1.165, 1.54) is 18.1 Å². The normalized spacial score (nSPS) is 14.8. The van der Waals surface area contributed by atoms with E-state index in [1.807, 2.05) is 6.07 Å². The Bertz CT molecular complexity index is 1430. The van der Waals surface area contributed by atoms with Crippen LogP contribution in [0, 0.1) is 3.57 Å². The first-order valence-electron chi connectivity index (χ1n) is 10.3. The molecular formula is C25H16BrCl2IN2O4S. The van der Waals surface area contributed by atoms with Crippen molar-refractivity contribution >= 4 is 103 Å². The second kappa shape index (κ2) is 11.5. The van der Waals surface area contributed by atoms with Gasteiger partial charge in [-0.3, -0.25) is 19.8 Å². The minimum Gasteiger partial charge on any atom is -0.493 e. The molecule has 0 aliphatic carbocycles. The van der Waals surface area contributed by atoms with Crippen LogP contribution in [0.3, 0.4) is 0 Å². The van der Waals surface area contributed by atoms with Gasteiger partial charge in [0.25, 0.3) is 11.8 Å². The predicted molar refractivity (Wildman–Crippen MR) is 157 cm³/mol. The van der Waals surface area contributed by atoms with Gasteiger partial charge in [-0.1, -0.05) is 51.3 Å². The van der Waals surface area contributed by atoms with Crippen molar-refractivity contribution < 1.29 is 19.1 Å². The Morgan fingerprint density at radius 1 is 1.14 bits per heavy atom. The maximum absolute atomic E-state index is 13.3. The highest BCUT2D eigenvalue weighted by Crippen LogP contribution is 2.36. The number of methoxy groups -OCH3 is 1. The molecule has 6 nitrogen and oxygen atoms in total. The molecule has 2 amide bonds. The van der Waals surface area contributed by atoms with Gasteiger partial charge >= 0.3 is 0 Å². The van der Waals surface area contributed by atoms with Crippen molar-refractivity contribution in [1.29, 1.82) is 0 Å². The smallest absolute Gasteiger partial charge is 0.270 e. The summed E-state index contributed by atoms with van der Waals surface area (Å²) in [5, 5.41) is 3.62. The molecule has 0 spiro atoms. The summed E-state index contributed by atoms with van der Waals surface area (Å²) in [6, 6.07) is 15.7. The van der Waals surface area contributed by atoms with E-state index in [9.17, 15) is 9.59 Å². The third-order valence-electron chi connectivity index (χ3n) is 5.12. The Kier molecular flexibility index (Phi) is 8.56. The maximum Gasteiger partial charge on any atom is 0.270 e. The van der Waals surface area contributed by atoms with Crippen molar-refractivity contribution in [2.45, 2.75) is 6.61 Å². The van der Waals surface area contributed by atoms with E-state index in [0.29, 0.717) is 36.4 Å². The average molecular weight is 718 g/mol. The van der Waals surface area contributed by atoms with E-state index in [-0.39, 0.29) is 17.3 Å². The number of anilines is 1. The first kappa shape index (κ1) is 26.9. The Hall–Kier alpha value is -2.18. The van der Waals surface area contributed by atoms with Crippen LogP contribution in [0.1, 0.15) is 11.1 Å². The van der Waals surface area contributed by atoms with Gasteiger partial charge in [0.15, 0.2) is 16.6 Å². The number of ether oxygens (including phenoxy) is 2. The molecule has 0 unspecified atom stereocenters. The molecule has 1 saturated heterocycles. The van der Waals surface area contributed by atoms with Crippen molar-refractivity contribution in [3.8, 4) is 11.5 Å². The standard InChI is InChI=1S/C25H16BrCl2IN2O4S/c1-34-21-9-13(8-20(29)22(21)35-12-14-5-6-16(27)11-19(14)28)7-18-23(32)30-25(36)31(24(18)33)17-4-2-3-15(26)10-17/h2-11H,12H2,1H3,(H,30,32,36)/b18-7+. The number of nitrogens with zero attached hydrogens (tertiary/aromatic N) is 1. The van der Waals surface area contributed by atoms with Crippen molar-refractivity contribution in [2.75, 3.05) is 12.0 Å². The minimum absolute atomic E-state index is 0.0111. The summed E-state index contributed by atoms with van der Waals surface area (Å²) in [4.78, 5) is 27.3. The van der Waals surface area contributed by atoms with Gasteiger partial charge in [0.05, 0.1) is 16.4 Å². The minimum atomic E-state index is -0.581. The van der Waals surface area contributed by atoms with Crippen LogP contribution >= 0.6 is 73.9 Å². The van der Waals surface area contributed by atoms with Gasteiger partial charge < -0.3 is 9.47 Å². The number of nitrogens with one attached hydrogen (secondary N) is 1. The highest BCUT2D eigenvalue weighted by Gasteiger charge is 2.34. The largest absolute Gasteiger partial charge is 0.493 e. The summed E-state index contributed by atoms with van der Waals surface area (Å²) < 4.78 is 13.0. The molecule has 0 bridgehead atoms. The molecule has 11 heteroatoms. The lowest BCUT2D eigenvalue weighted by molar-refractivity contribution is -0.122. The number of thiocarbonyl (C=S) groups is 1. The molecule has 1 aliphatic heterocycles. The molecule has 0 radical (unpaired) electrons. The van der Waals surface area contributed by atoms with E-state index < -0.39 is 11.8 Å². The lowest BCUT2D eigenvalue weighted by Gasteiger charge is -2.29. The average Bonchev–Trinajstić information content (AvgIpc) is 2.81. The number of rotatable bonds is 6. The Morgan fingerprint density at radius 3 is 2.61 bits per heavy atom. The molecule has 1 N–H and O–H groups in total. The molecule has 4 rings (SSSR count). The lowest BCUT2D eigenvalue weighted by Crippen LogP contribution is -2.54. The van der Waals surface area contributed by atoms with E-state index in [1.54, 1.807) is 48.5 Å². The van der Waals surface area contributed by atoms with Crippen molar-refractivity contribution in [3.63, 3.8) is 0 Å². The van der Waals surface area contributed by atoms with Crippen LogP contribution in [0.15, 0.2) is 64.6 Å². The van der Waals surface area contributed by atoms with E-state index >= 15 is 0 Å². The highest BCUT2D eigenvalue weighted by molar-refractivity contribution is 14.1. The van der Waals surface area contributed by atoms with Crippen LogP contribution in [-0.4, -0.2) is 24.0 Å². The molecule has 0 saturated carbocycles. The number of hydrogen-bond donors (Lipinski definition) is 1. The molecule has 3 aromatic carbocycles. The summed E-state index contributed by atoms with van der Waals surface area (Å²) in [6.45, 7) is 0.197. The number of amides is 2. The first-order chi connectivity index (χ1) is 17.2. The fourth-order valence-electron chi connectivity index (χ4n) is 3.43. The highest BCUT2D eigenvalue weighted by atomic mass is 127. The molecule has 0 atom stereocenters. The van der Waals surface area contributed by atoms with Gasteiger partial charge in [-0.25, -0.2) is 0 Å². The van der Waals surface area contributed by atoms with Crippen LogP contribution < -0.4 is 19.7 Å². The van der Waals surface area contributed by atoms with Crippen LogP contribution in [-0.2, 0) is 16.2 Å². The molecular weight excluding hydrogens is 702 g/mol. The Labute approximate surface area is 244 Å². The third kappa shape index (κ3) is 5.86. The van der Waals surface area contributed by atoms with Crippen LogP contribution in [0.4, 0.5) is 5.69 Å². The van der Waals surface area contributed by atoms with Crippen LogP contribution in [0.5, 0.6) is 11.5 Å². The van der Waals surface area contributed by atoms with Crippen LogP contribution in [0.2, 0.25) is 10.0 Å². The van der Waals surface area contributed by atoms with Gasteiger partial charge in [0.2, 0.25) is 0 Å². The van der Waals surface area contributed by atoms with Crippen molar-refractivity contribution in [3.05, 3.63) is 89.4 Å². The van der Waals surface area contributed by atoms with Gasteiger partial charge in [-0.05, 0) is 88.9 Å². The Balaban J connectivity index is 1.64. The van der Waals surface area contributed by atoms with Gasteiger partial charge in [-0.15, -0.1) is 0 Å². The molecule has 3 aromatic rings. The zero-order chi connectivity index (χ0) is 26.0. The summed E-state index contributed by atoms with van der Waals surface area (Å²) >= 11 is 23.0. The lowest BCUT2D eigenvalue weighted by atomic mass is 10.1.